The molecule has 7 heteroatoms. The van der Waals surface area contributed by atoms with Crippen LogP contribution in [0.2, 0.25) is 0 Å². The van der Waals surface area contributed by atoms with Gasteiger partial charge in [0.2, 0.25) is 0 Å². The lowest BCUT2D eigenvalue weighted by molar-refractivity contribution is -0.140. The number of rotatable bonds is 8. The number of aliphatic hydroxyl groups is 1. The lowest BCUT2D eigenvalue weighted by atomic mass is 9.85. The lowest BCUT2D eigenvalue weighted by Crippen LogP contribution is -2.31. The van der Waals surface area contributed by atoms with Crippen molar-refractivity contribution in [2.75, 3.05) is 20.3 Å². The zero-order valence-corrected chi connectivity index (χ0v) is 20.8. The molecule has 1 aromatic carbocycles. The summed E-state index contributed by atoms with van der Waals surface area (Å²) in [5, 5.41) is 11.5. The van der Waals surface area contributed by atoms with Crippen molar-refractivity contribution >= 4 is 17.4 Å². The first-order valence-corrected chi connectivity index (χ1v) is 11.5. The molecule has 1 atom stereocenters. The summed E-state index contributed by atoms with van der Waals surface area (Å²) in [4.78, 5) is 31.9. The van der Waals surface area contributed by atoms with Crippen LogP contribution < -0.4 is 4.74 Å². The number of ketones is 1. The summed E-state index contributed by atoms with van der Waals surface area (Å²) < 4.78 is 11.1. The molecule has 1 amide bonds. The molecule has 1 saturated heterocycles. The summed E-state index contributed by atoms with van der Waals surface area (Å²) in [5.41, 5.74) is 1.91. The minimum absolute atomic E-state index is 0.0466. The number of hydrogen-bond acceptors (Lipinski definition) is 6. The molecular formula is C27H34N2O5. The zero-order valence-electron chi connectivity index (χ0n) is 20.8. The van der Waals surface area contributed by atoms with E-state index in [1.807, 2.05) is 26.0 Å². The molecule has 1 N–H and O–H groups in total. The lowest BCUT2D eigenvalue weighted by Gasteiger charge is -2.26. The van der Waals surface area contributed by atoms with Gasteiger partial charge in [-0.1, -0.05) is 26.8 Å². The predicted molar refractivity (Wildman–Crippen MR) is 131 cm³/mol. The topological polar surface area (TPSA) is 89.0 Å². The second kappa shape index (κ2) is 10.4. The molecule has 0 aliphatic carbocycles. The second-order valence-electron chi connectivity index (χ2n) is 9.71. The van der Waals surface area contributed by atoms with Gasteiger partial charge in [-0.15, -0.1) is 0 Å². The van der Waals surface area contributed by atoms with Crippen LogP contribution >= 0.6 is 0 Å². The summed E-state index contributed by atoms with van der Waals surface area (Å²) in [6, 6.07) is 8.31. The van der Waals surface area contributed by atoms with Crippen molar-refractivity contribution in [1.82, 2.24) is 9.88 Å². The van der Waals surface area contributed by atoms with E-state index in [1.54, 1.807) is 30.6 Å². The van der Waals surface area contributed by atoms with E-state index in [0.717, 1.165) is 5.56 Å². The number of pyridine rings is 1. The van der Waals surface area contributed by atoms with Crippen molar-refractivity contribution in [1.29, 1.82) is 0 Å². The molecule has 0 bridgehead atoms. The Bertz CT molecular complexity index is 1070. The molecule has 0 radical (unpaired) electrons. The van der Waals surface area contributed by atoms with E-state index in [1.165, 1.54) is 12.0 Å². The highest BCUT2D eigenvalue weighted by Gasteiger charge is 2.46. The first-order chi connectivity index (χ1) is 16.1. The number of carbonyl (C=O) groups excluding carboxylic acids is 2. The number of aromatic nitrogens is 1. The van der Waals surface area contributed by atoms with Crippen molar-refractivity contribution in [3.05, 3.63) is 65.0 Å². The maximum absolute atomic E-state index is 13.2. The fraction of sp³-hybridized carbons (Fsp3) is 0.444. The normalized spacial score (nSPS) is 18.1. The highest BCUT2D eigenvalue weighted by Crippen LogP contribution is 2.41. The Kier molecular flexibility index (Phi) is 7.77. The standard InChI is InChI=1S/C27H34N2O5/c1-17(2)34-15-7-14-29-23(18-10-12-28-13-11-18)22(25(31)26(29)32)24(30)20-16-19(27(3,4)5)8-9-21(20)33-6/h8-13,16-17,23,30H,7,14-15H2,1-6H3/b24-22+. The number of amides is 1. The van der Waals surface area contributed by atoms with Crippen LogP contribution in [0.25, 0.3) is 5.76 Å². The van der Waals surface area contributed by atoms with Gasteiger partial charge in [-0.25, -0.2) is 0 Å². The molecule has 1 aromatic heterocycles. The third kappa shape index (κ3) is 5.30. The van der Waals surface area contributed by atoms with Gasteiger partial charge in [0.25, 0.3) is 11.7 Å². The van der Waals surface area contributed by atoms with Gasteiger partial charge in [0.05, 0.1) is 30.4 Å². The minimum Gasteiger partial charge on any atom is -0.507 e. The molecule has 1 fully saturated rings. The van der Waals surface area contributed by atoms with Gasteiger partial charge < -0.3 is 19.5 Å². The molecule has 2 aromatic rings. The van der Waals surface area contributed by atoms with Gasteiger partial charge in [0.1, 0.15) is 11.5 Å². The number of methoxy groups -OCH3 is 1. The molecule has 7 nitrogen and oxygen atoms in total. The van der Waals surface area contributed by atoms with Crippen molar-refractivity contribution in [3.8, 4) is 5.75 Å². The molecule has 3 rings (SSSR count). The first kappa shape index (κ1) is 25.4. The number of aliphatic hydroxyl groups excluding tert-OH is 1. The predicted octanol–water partition coefficient (Wildman–Crippen LogP) is 4.62. The van der Waals surface area contributed by atoms with Crippen LogP contribution in [0.4, 0.5) is 0 Å². The number of Topliss-reactive ketones (excluding diaryl/α,β-unsaturated/α-hetero) is 1. The van der Waals surface area contributed by atoms with Crippen LogP contribution in [0.3, 0.4) is 0 Å². The van der Waals surface area contributed by atoms with E-state index in [4.69, 9.17) is 9.47 Å². The quantitative estimate of drug-likeness (QED) is 0.264. The van der Waals surface area contributed by atoms with Gasteiger partial charge >= 0.3 is 0 Å². The minimum atomic E-state index is -0.731. The molecule has 0 spiro atoms. The summed E-state index contributed by atoms with van der Waals surface area (Å²) in [5.74, 6) is -1.18. The van der Waals surface area contributed by atoms with Crippen molar-refractivity contribution in [2.24, 2.45) is 0 Å². The van der Waals surface area contributed by atoms with E-state index in [-0.39, 0.29) is 22.9 Å². The fourth-order valence-electron chi connectivity index (χ4n) is 4.06. The molecule has 1 aliphatic heterocycles. The Morgan fingerprint density at radius 1 is 1.15 bits per heavy atom. The van der Waals surface area contributed by atoms with Gasteiger partial charge in [-0.2, -0.15) is 0 Å². The smallest absolute Gasteiger partial charge is 0.295 e. The molecule has 2 heterocycles. The highest BCUT2D eigenvalue weighted by atomic mass is 16.5. The maximum Gasteiger partial charge on any atom is 0.295 e. The highest BCUT2D eigenvalue weighted by molar-refractivity contribution is 6.46. The Morgan fingerprint density at radius 2 is 1.82 bits per heavy atom. The number of hydrogen-bond donors (Lipinski definition) is 1. The number of benzene rings is 1. The zero-order chi connectivity index (χ0) is 25.0. The fourth-order valence-corrected chi connectivity index (χ4v) is 4.06. The van der Waals surface area contributed by atoms with Crippen LogP contribution in [-0.2, 0) is 19.7 Å². The summed E-state index contributed by atoms with van der Waals surface area (Å²) in [6.45, 7) is 10.9. The second-order valence-corrected chi connectivity index (χ2v) is 9.71. The van der Waals surface area contributed by atoms with E-state index >= 15 is 0 Å². The van der Waals surface area contributed by atoms with Crippen LogP contribution in [-0.4, -0.2) is 53.0 Å². The molecule has 1 aliphatic rings. The third-order valence-corrected chi connectivity index (χ3v) is 5.88. The number of carbonyl (C=O) groups is 2. The number of ether oxygens (including phenoxy) is 2. The average Bonchev–Trinajstić information content (AvgIpc) is 3.05. The van der Waals surface area contributed by atoms with Crippen LogP contribution in [0, 0.1) is 0 Å². The first-order valence-electron chi connectivity index (χ1n) is 11.5. The Morgan fingerprint density at radius 3 is 2.41 bits per heavy atom. The Balaban J connectivity index is 2.12. The van der Waals surface area contributed by atoms with Crippen molar-refractivity contribution in [3.63, 3.8) is 0 Å². The van der Waals surface area contributed by atoms with Gasteiger partial charge in [0.15, 0.2) is 0 Å². The van der Waals surface area contributed by atoms with Crippen LogP contribution in [0.1, 0.15) is 63.8 Å². The monoisotopic (exact) mass is 466 g/mol. The molecule has 1 unspecified atom stereocenters. The number of likely N-dealkylation sites (tertiary alicyclic amines) is 1. The summed E-state index contributed by atoms with van der Waals surface area (Å²) in [6.07, 6.45) is 3.86. The van der Waals surface area contributed by atoms with E-state index in [2.05, 4.69) is 25.8 Å². The van der Waals surface area contributed by atoms with Crippen LogP contribution in [0.5, 0.6) is 5.75 Å². The Hall–Kier alpha value is -3.19. The van der Waals surface area contributed by atoms with E-state index < -0.39 is 17.7 Å². The van der Waals surface area contributed by atoms with Gasteiger partial charge in [-0.3, -0.25) is 14.6 Å². The third-order valence-electron chi connectivity index (χ3n) is 5.88. The summed E-state index contributed by atoms with van der Waals surface area (Å²) >= 11 is 0. The molecule has 182 valence electrons. The van der Waals surface area contributed by atoms with Crippen molar-refractivity contribution < 1.29 is 24.2 Å². The average molecular weight is 467 g/mol. The summed E-state index contributed by atoms with van der Waals surface area (Å²) in [7, 11) is 1.51. The van der Waals surface area contributed by atoms with E-state index in [9.17, 15) is 14.7 Å². The van der Waals surface area contributed by atoms with Gasteiger partial charge in [-0.05, 0) is 61.1 Å². The molecule has 34 heavy (non-hydrogen) atoms. The maximum atomic E-state index is 13.2. The van der Waals surface area contributed by atoms with Gasteiger partial charge in [0, 0.05) is 25.5 Å². The van der Waals surface area contributed by atoms with Crippen molar-refractivity contribution in [2.45, 2.75) is 58.6 Å². The Labute approximate surface area is 201 Å². The molecular weight excluding hydrogens is 432 g/mol. The van der Waals surface area contributed by atoms with E-state index in [0.29, 0.717) is 36.4 Å². The van der Waals surface area contributed by atoms with Crippen LogP contribution in [0.15, 0.2) is 48.3 Å². The number of nitrogens with zero attached hydrogens (tertiary/aromatic N) is 2. The molecule has 0 saturated carbocycles. The largest absolute Gasteiger partial charge is 0.507 e. The SMILES string of the molecule is COc1ccc(C(C)(C)C)cc1/C(O)=C1\C(=O)C(=O)N(CCCOC(C)C)C1c1ccncc1.